The first-order valence-corrected chi connectivity index (χ1v) is 5.71. The van der Waals surface area contributed by atoms with Crippen molar-refractivity contribution in [2.45, 2.75) is 0 Å². The van der Waals surface area contributed by atoms with Crippen LogP contribution in [-0.4, -0.2) is 15.7 Å². The fourth-order valence-electron chi connectivity index (χ4n) is 1.37. The van der Waals surface area contributed by atoms with Crippen LogP contribution in [-0.2, 0) is 7.05 Å². The number of nitrogens with zero attached hydrogens (tertiary/aromatic N) is 2. The molecule has 1 amide bonds. The summed E-state index contributed by atoms with van der Waals surface area (Å²) < 4.78 is 2.44. The van der Waals surface area contributed by atoms with Gasteiger partial charge >= 0.3 is 0 Å². The van der Waals surface area contributed by atoms with Gasteiger partial charge in [-0.05, 0) is 24.3 Å². The van der Waals surface area contributed by atoms with Gasteiger partial charge in [-0.3, -0.25) is 9.48 Å². The van der Waals surface area contributed by atoms with Gasteiger partial charge < -0.3 is 11.1 Å². The number of benzene rings is 1. The molecule has 0 unspecified atom stereocenters. The molecule has 2 rings (SSSR count). The third-order valence-electron chi connectivity index (χ3n) is 2.21. The number of hydrogen-bond donors (Lipinski definition) is 2. The van der Waals surface area contributed by atoms with Crippen LogP contribution in [0.25, 0.3) is 0 Å². The fraction of sp³-hybridized carbons (Fsp3) is 0.0909. The molecule has 88 valence electrons. The number of halogens is 1. The largest absolute Gasteiger partial charge is 0.397 e. The van der Waals surface area contributed by atoms with Gasteiger partial charge in [0.1, 0.15) is 0 Å². The zero-order valence-electron chi connectivity index (χ0n) is 9.14. The van der Waals surface area contributed by atoms with Gasteiger partial charge in [0.15, 0.2) is 5.69 Å². The van der Waals surface area contributed by atoms with Crippen LogP contribution in [0.2, 0.25) is 0 Å². The normalized spacial score (nSPS) is 10.2. The Morgan fingerprint density at radius 2 is 2.24 bits per heavy atom. The molecule has 0 aliphatic heterocycles. The van der Waals surface area contributed by atoms with E-state index in [2.05, 4.69) is 26.3 Å². The molecule has 0 saturated carbocycles. The van der Waals surface area contributed by atoms with Crippen molar-refractivity contribution < 1.29 is 4.79 Å². The van der Waals surface area contributed by atoms with Crippen LogP contribution in [0.5, 0.6) is 0 Å². The van der Waals surface area contributed by atoms with Gasteiger partial charge in [-0.1, -0.05) is 15.9 Å². The molecular weight excluding hydrogens is 284 g/mol. The summed E-state index contributed by atoms with van der Waals surface area (Å²) in [5, 5.41) is 6.71. The summed E-state index contributed by atoms with van der Waals surface area (Å²) in [6.07, 6.45) is 1.71. The van der Waals surface area contributed by atoms with Crippen LogP contribution >= 0.6 is 15.9 Å². The first-order chi connectivity index (χ1) is 8.06. The second-order valence-corrected chi connectivity index (χ2v) is 4.48. The molecule has 0 aliphatic rings. The first kappa shape index (κ1) is 11.7. The Bertz CT molecular complexity index is 564. The minimum atomic E-state index is -0.278. The Morgan fingerprint density at radius 3 is 2.82 bits per heavy atom. The van der Waals surface area contributed by atoms with Crippen molar-refractivity contribution in [2.24, 2.45) is 7.05 Å². The number of nitrogens with two attached hydrogens (primary N) is 1. The van der Waals surface area contributed by atoms with Crippen LogP contribution in [0.4, 0.5) is 11.4 Å². The molecule has 0 spiro atoms. The maximum Gasteiger partial charge on any atom is 0.276 e. The summed E-state index contributed by atoms with van der Waals surface area (Å²) in [5.41, 5.74) is 7.22. The Labute approximate surface area is 107 Å². The predicted molar refractivity (Wildman–Crippen MR) is 69.7 cm³/mol. The van der Waals surface area contributed by atoms with E-state index in [1.165, 1.54) is 0 Å². The fourth-order valence-corrected chi connectivity index (χ4v) is 1.75. The van der Waals surface area contributed by atoms with Crippen molar-refractivity contribution in [1.82, 2.24) is 9.78 Å². The van der Waals surface area contributed by atoms with Gasteiger partial charge in [-0.25, -0.2) is 0 Å². The molecule has 0 fully saturated rings. The van der Waals surface area contributed by atoms with Gasteiger partial charge in [-0.2, -0.15) is 5.10 Å². The first-order valence-electron chi connectivity index (χ1n) is 4.92. The summed E-state index contributed by atoms with van der Waals surface area (Å²) in [5.74, 6) is -0.278. The second kappa shape index (κ2) is 4.58. The molecule has 0 radical (unpaired) electrons. The molecule has 1 heterocycles. The number of carbonyl (C=O) groups excluding carboxylic acids is 1. The SMILES string of the molecule is Cn1ccc(C(=O)Nc2ccc(Br)cc2N)n1. The monoisotopic (exact) mass is 294 g/mol. The maximum absolute atomic E-state index is 11.8. The summed E-state index contributed by atoms with van der Waals surface area (Å²) in [6, 6.07) is 6.92. The van der Waals surface area contributed by atoms with Crippen LogP contribution in [0, 0.1) is 0 Å². The van der Waals surface area contributed by atoms with Crippen LogP contribution < -0.4 is 11.1 Å². The van der Waals surface area contributed by atoms with E-state index in [9.17, 15) is 4.79 Å². The van der Waals surface area contributed by atoms with E-state index in [0.717, 1.165) is 4.47 Å². The minimum Gasteiger partial charge on any atom is -0.397 e. The molecule has 0 saturated heterocycles. The summed E-state index contributed by atoms with van der Waals surface area (Å²) in [7, 11) is 1.75. The Morgan fingerprint density at radius 1 is 1.47 bits per heavy atom. The molecule has 17 heavy (non-hydrogen) atoms. The smallest absolute Gasteiger partial charge is 0.276 e. The quantitative estimate of drug-likeness (QED) is 0.832. The standard InChI is InChI=1S/C11H11BrN4O/c1-16-5-4-10(15-16)11(17)14-9-3-2-7(12)6-8(9)13/h2-6H,13H2,1H3,(H,14,17). The lowest BCUT2D eigenvalue weighted by Crippen LogP contribution is -2.14. The third-order valence-corrected chi connectivity index (χ3v) is 2.70. The summed E-state index contributed by atoms with van der Waals surface area (Å²) >= 11 is 3.30. The number of nitrogens with one attached hydrogen (secondary N) is 1. The molecule has 6 heteroatoms. The number of aryl methyl sites for hydroxylation is 1. The number of nitrogen functional groups attached to an aromatic ring is 1. The van der Waals surface area contributed by atoms with E-state index < -0.39 is 0 Å². The second-order valence-electron chi connectivity index (χ2n) is 3.56. The molecule has 0 atom stereocenters. The highest BCUT2D eigenvalue weighted by molar-refractivity contribution is 9.10. The van der Waals surface area contributed by atoms with Gasteiger partial charge in [0, 0.05) is 17.7 Å². The molecule has 1 aromatic heterocycles. The van der Waals surface area contributed by atoms with E-state index >= 15 is 0 Å². The summed E-state index contributed by atoms with van der Waals surface area (Å²) in [6.45, 7) is 0. The van der Waals surface area contributed by atoms with Crippen LogP contribution in [0.15, 0.2) is 34.9 Å². The number of rotatable bonds is 2. The third kappa shape index (κ3) is 2.65. The average Bonchev–Trinajstić information content (AvgIpc) is 2.69. The molecule has 5 nitrogen and oxygen atoms in total. The van der Waals surface area contributed by atoms with Crippen molar-refractivity contribution in [3.63, 3.8) is 0 Å². The van der Waals surface area contributed by atoms with E-state index in [0.29, 0.717) is 17.1 Å². The van der Waals surface area contributed by atoms with E-state index in [1.807, 2.05) is 6.07 Å². The highest BCUT2D eigenvalue weighted by Crippen LogP contribution is 2.23. The van der Waals surface area contributed by atoms with Crippen LogP contribution in [0.1, 0.15) is 10.5 Å². The van der Waals surface area contributed by atoms with Crippen molar-refractivity contribution in [1.29, 1.82) is 0 Å². The van der Waals surface area contributed by atoms with Gasteiger partial charge in [0.25, 0.3) is 5.91 Å². The molecular formula is C11H11BrN4O. The van der Waals surface area contributed by atoms with E-state index in [4.69, 9.17) is 5.73 Å². The lowest BCUT2D eigenvalue weighted by atomic mass is 10.2. The van der Waals surface area contributed by atoms with Gasteiger partial charge in [-0.15, -0.1) is 0 Å². The Balaban J connectivity index is 2.18. The number of carbonyl (C=O) groups is 1. The lowest BCUT2D eigenvalue weighted by molar-refractivity contribution is 0.102. The molecule has 0 bridgehead atoms. The predicted octanol–water partition coefficient (Wildman–Crippen LogP) is 2.02. The number of amides is 1. The van der Waals surface area contributed by atoms with Crippen molar-refractivity contribution in [3.05, 3.63) is 40.6 Å². The van der Waals surface area contributed by atoms with Crippen LogP contribution in [0.3, 0.4) is 0 Å². The molecule has 3 N–H and O–H groups in total. The Kier molecular flexibility index (Phi) is 3.14. The number of anilines is 2. The lowest BCUT2D eigenvalue weighted by Gasteiger charge is -2.06. The van der Waals surface area contributed by atoms with Crippen molar-refractivity contribution in [2.75, 3.05) is 11.1 Å². The highest BCUT2D eigenvalue weighted by Gasteiger charge is 2.10. The number of hydrogen-bond acceptors (Lipinski definition) is 3. The topological polar surface area (TPSA) is 72.9 Å². The van der Waals surface area contributed by atoms with Gasteiger partial charge in [0.05, 0.1) is 11.4 Å². The van der Waals surface area contributed by atoms with Gasteiger partial charge in [0.2, 0.25) is 0 Å². The van der Waals surface area contributed by atoms with E-state index in [1.54, 1.807) is 36.1 Å². The summed E-state index contributed by atoms with van der Waals surface area (Å²) in [4.78, 5) is 11.8. The van der Waals surface area contributed by atoms with Crippen molar-refractivity contribution >= 4 is 33.2 Å². The average molecular weight is 295 g/mol. The number of aromatic nitrogens is 2. The molecule has 1 aromatic carbocycles. The van der Waals surface area contributed by atoms with Crippen molar-refractivity contribution in [3.8, 4) is 0 Å². The molecule has 0 aliphatic carbocycles. The molecule has 2 aromatic rings. The minimum absolute atomic E-state index is 0.278. The maximum atomic E-state index is 11.8. The van der Waals surface area contributed by atoms with E-state index in [-0.39, 0.29) is 5.91 Å². The highest BCUT2D eigenvalue weighted by atomic mass is 79.9. The zero-order chi connectivity index (χ0) is 12.4. The Hall–Kier alpha value is -1.82. The zero-order valence-corrected chi connectivity index (χ0v) is 10.7.